The second kappa shape index (κ2) is 9.37. The average molecular weight is 260 g/mol. The fraction of sp³-hybridized carbons (Fsp3) is 0.471. The lowest BCUT2D eigenvalue weighted by molar-refractivity contribution is -0.137. The standard InChI is InChI=1S/C17H24O2/c1-3-5-7-15-8-10-16(11-9-15)12-13-17(18)19-14-6-4-2/h8-13H,3-7,14H2,1-2H3/b13-12+. The highest BCUT2D eigenvalue weighted by atomic mass is 16.5. The molecule has 0 aliphatic heterocycles. The topological polar surface area (TPSA) is 26.3 Å². The summed E-state index contributed by atoms with van der Waals surface area (Å²) in [5.41, 5.74) is 2.39. The Balaban J connectivity index is 2.41. The number of carbonyl (C=O) groups excluding carboxylic acids is 1. The molecule has 0 fully saturated rings. The van der Waals surface area contributed by atoms with E-state index in [1.807, 2.05) is 12.1 Å². The first-order valence-corrected chi connectivity index (χ1v) is 7.20. The minimum Gasteiger partial charge on any atom is -0.463 e. The van der Waals surface area contributed by atoms with Crippen LogP contribution in [0.3, 0.4) is 0 Å². The van der Waals surface area contributed by atoms with Crippen molar-refractivity contribution in [1.82, 2.24) is 0 Å². The van der Waals surface area contributed by atoms with Gasteiger partial charge in [-0.3, -0.25) is 0 Å². The van der Waals surface area contributed by atoms with Crippen LogP contribution in [0.15, 0.2) is 30.3 Å². The highest BCUT2D eigenvalue weighted by Crippen LogP contribution is 2.09. The molecule has 0 aliphatic carbocycles. The molecule has 0 aromatic heterocycles. The maximum absolute atomic E-state index is 11.4. The predicted octanol–water partition coefficient (Wildman–Crippen LogP) is 4.39. The summed E-state index contributed by atoms with van der Waals surface area (Å²) in [7, 11) is 0. The number of unbranched alkanes of at least 4 members (excludes halogenated alkanes) is 2. The van der Waals surface area contributed by atoms with Crippen molar-refractivity contribution in [3.05, 3.63) is 41.5 Å². The van der Waals surface area contributed by atoms with E-state index in [1.54, 1.807) is 6.08 Å². The van der Waals surface area contributed by atoms with Gasteiger partial charge in [0.1, 0.15) is 0 Å². The smallest absolute Gasteiger partial charge is 0.330 e. The van der Waals surface area contributed by atoms with Crippen LogP contribution in [0.2, 0.25) is 0 Å². The Morgan fingerprint density at radius 1 is 1.11 bits per heavy atom. The normalized spacial score (nSPS) is 10.8. The molecule has 0 aliphatic rings. The minimum absolute atomic E-state index is 0.261. The van der Waals surface area contributed by atoms with Crippen molar-refractivity contribution in [2.45, 2.75) is 46.0 Å². The molecule has 0 spiro atoms. The van der Waals surface area contributed by atoms with E-state index in [-0.39, 0.29) is 5.97 Å². The Labute approximate surface area is 116 Å². The Bertz CT molecular complexity index is 390. The van der Waals surface area contributed by atoms with E-state index in [1.165, 1.54) is 24.5 Å². The Kier molecular flexibility index (Phi) is 7.64. The van der Waals surface area contributed by atoms with E-state index < -0.39 is 0 Å². The van der Waals surface area contributed by atoms with Gasteiger partial charge in [0.2, 0.25) is 0 Å². The average Bonchev–Trinajstić information content (AvgIpc) is 2.44. The van der Waals surface area contributed by atoms with Crippen LogP contribution in [-0.4, -0.2) is 12.6 Å². The van der Waals surface area contributed by atoms with Crippen molar-refractivity contribution in [2.75, 3.05) is 6.61 Å². The lowest BCUT2D eigenvalue weighted by Gasteiger charge is -2.01. The number of hydrogen-bond acceptors (Lipinski definition) is 2. The zero-order valence-corrected chi connectivity index (χ0v) is 12.0. The van der Waals surface area contributed by atoms with E-state index in [0.29, 0.717) is 6.61 Å². The van der Waals surface area contributed by atoms with Gasteiger partial charge in [0.25, 0.3) is 0 Å². The first-order chi connectivity index (χ1) is 9.26. The number of aryl methyl sites for hydroxylation is 1. The number of hydrogen-bond donors (Lipinski definition) is 0. The molecule has 0 heterocycles. The van der Waals surface area contributed by atoms with Gasteiger partial charge in [-0.25, -0.2) is 4.79 Å². The molecule has 0 atom stereocenters. The summed E-state index contributed by atoms with van der Waals surface area (Å²) in [5, 5.41) is 0. The summed E-state index contributed by atoms with van der Waals surface area (Å²) in [4.78, 5) is 11.4. The molecule has 1 aromatic carbocycles. The van der Waals surface area contributed by atoms with Gasteiger partial charge in [-0.1, -0.05) is 51.0 Å². The Morgan fingerprint density at radius 2 is 1.79 bits per heavy atom. The number of benzene rings is 1. The van der Waals surface area contributed by atoms with E-state index in [9.17, 15) is 4.79 Å². The maximum Gasteiger partial charge on any atom is 0.330 e. The van der Waals surface area contributed by atoms with Crippen LogP contribution in [0.25, 0.3) is 6.08 Å². The van der Waals surface area contributed by atoms with Crippen molar-refractivity contribution in [1.29, 1.82) is 0 Å². The fourth-order valence-electron chi connectivity index (χ4n) is 1.71. The van der Waals surface area contributed by atoms with E-state index in [0.717, 1.165) is 24.8 Å². The second-order valence-corrected chi connectivity index (χ2v) is 4.70. The zero-order chi connectivity index (χ0) is 13.9. The Morgan fingerprint density at radius 3 is 2.42 bits per heavy atom. The van der Waals surface area contributed by atoms with Crippen LogP contribution in [0, 0.1) is 0 Å². The quantitative estimate of drug-likeness (QED) is 0.394. The van der Waals surface area contributed by atoms with Gasteiger partial charge in [0, 0.05) is 6.08 Å². The number of esters is 1. The molecule has 0 saturated heterocycles. The largest absolute Gasteiger partial charge is 0.463 e. The van der Waals surface area contributed by atoms with Gasteiger partial charge in [-0.15, -0.1) is 0 Å². The Hall–Kier alpha value is -1.57. The minimum atomic E-state index is -0.261. The summed E-state index contributed by atoms with van der Waals surface area (Å²) in [6.07, 6.45) is 8.82. The summed E-state index contributed by atoms with van der Waals surface area (Å²) >= 11 is 0. The molecular weight excluding hydrogens is 236 g/mol. The highest BCUT2D eigenvalue weighted by Gasteiger charge is 1.96. The van der Waals surface area contributed by atoms with E-state index in [4.69, 9.17) is 4.74 Å². The number of ether oxygens (including phenoxy) is 1. The third kappa shape index (κ3) is 6.80. The summed E-state index contributed by atoms with van der Waals surface area (Å²) in [6.45, 7) is 4.78. The fourth-order valence-corrected chi connectivity index (χ4v) is 1.71. The first kappa shape index (κ1) is 15.5. The van der Waals surface area contributed by atoms with Crippen LogP contribution in [0.1, 0.15) is 50.7 Å². The van der Waals surface area contributed by atoms with Crippen molar-refractivity contribution in [3.63, 3.8) is 0 Å². The van der Waals surface area contributed by atoms with Gasteiger partial charge in [-0.2, -0.15) is 0 Å². The molecule has 19 heavy (non-hydrogen) atoms. The molecule has 2 heteroatoms. The molecule has 1 rings (SSSR count). The third-order valence-electron chi connectivity index (χ3n) is 2.95. The van der Waals surface area contributed by atoms with Crippen LogP contribution in [0.5, 0.6) is 0 Å². The van der Waals surface area contributed by atoms with Gasteiger partial charge in [0.05, 0.1) is 6.61 Å². The van der Waals surface area contributed by atoms with Crippen LogP contribution in [-0.2, 0) is 16.0 Å². The van der Waals surface area contributed by atoms with E-state index >= 15 is 0 Å². The third-order valence-corrected chi connectivity index (χ3v) is 2.95. The molecule has 2 nitrogen and oxygen atoms in total. The van der Waals surface area contributed by atoms with Crippen molar-refractivity contribution in [3.8, 4) is 0 Å². The number of rotatable bonds is 8. The molecule has 104 valence electrons. The van der Waals surface area contributed by atoms with Crippen LogP contribution < -0.4 is 0 Å². The lowest BCUT2D eigenvalue weighted by atomic mass is 10.1. The predicted molar refractivity (Wildman–Crippen MR) is 80.0 cm³/mol. The highest BCUT2D eigenvalue weighted by molar-refractivity contribution is 5.87. The molecule has 0 unspecified atom stereocenters. The van der Waals surface area contributed by atoms with Gasteiger partial charge in [-0.05, 0) is 36.5 Å². The number of carbonyl (C=O) groups is 1. The molecule has 0 bridgehead atoms. The van der Waals surface area contributed by atoms with E-state index in [2.05, 4.69) is 26.0 Å². The first-order valence-electron chi connectivity index (χ1n) is 7.20. The summed E-state index contributed by atoms with van der Waals surface area (Å²) < 4.78 is 5.06. The van der Waals surface area contributed by atoms with Crippen molar-refractivity contribution < 1.29 is 9.53 Å². The SMILES string of the molecule is CCCCOC(=O)/C=C/c1ccc(CCCC)cc1. The summed E-state index contributed by atoms with van der Waals surface area (Å²) in [5.74, 6) is -0.261. The molecule has 0 amide bonds. The molecule has 0 radical (unpaired) electrons. The molecule has 1 aromatic rings. The van der Waals surface area contributed by atoms with Crippen LogP contribution >= 0.6 is 0 Å². The molecular formula is C17H24O2. The van der Waals surface area contributed by atoms with Gasteiger partial charge < -0.3 is 4.74 Å². The summed E-state index contributed by atoms with van der Waals surface area (Å²) in [6, 6.07) is 8.33. The second-order valence-electron chi connectivity index (χ2n) is 4.70. The van der Waals surface area contributed by atoms with Gasteiger partial charge >= 0.3 is 5.97 Å². The maximum atomic E-state index is 11.4. The lowest BCUT2D eigenvalue weighted by Crippen LogP contribution is -2.01. The zero-order valence-electron chi connectivity index (χ0n) is 12.0. The van der Waals surface area contributed by atoms with Gasteiger partial charge in [0.15, 0.2) is 0 Å². The molecule has 0 saturated carbocycles. The van der Waals surface area contributed by atoms with Crippen molar-refractivity contribution in [2.24, 2.45) is 0 Å². The monoisotopic (exact) mass is 260 g/mol. The van der Waals surface area contributed by atoms with Crippen LogP contribution in [0.4, 0.5) is 0 Å². The molecule has 0 N–H and O–H groups in total. The van der Waals surface area contributed by atoms with Crippen molar-refractivity contribution >= 4 is 12.0 Å².